The van der Waals surface area contributed by atoms with Crippen LogP contribution in [0.2, 0.25) is 0 Å². The van der Waals surface area contributed by atoms with Crippen LogP contribution in [0.15, 0.2) is 0 Å². The zero-order valence-electron chi connectivity index (χ0n) is 7.55. The number of alkyl halides is 7. The van der Waals surface area contributed by atoms with Gasteiger partial charge in [-0.05, 0) is 12.8 Å². The minimum absolute atomic E-state index is 0.291. The molecule has 0 aromatic carbocycles. The van der Waals surface area contributed by atoms with Crippen LogP contribution in [0.5, 0.6) is 0 Å². The van der Waals surface area contributed by atoms with E-state index < -0.39 is 30.0 Å². The van der Waals surface area contributed by atoms with Crippen LogP contribution < -0.4 is 5.32 Å². The lowest BCUT2D eigenvalue weighted by molar-refractivity contribution is -0.344. The van der Waals surface area contributed by atoms with Gasteiger partial charge in [0.05, 0.1) is 0 Å². The third kappa shape index (κ3) is 2.07. The van der Waals surface area contributed by atoms with Gasteiger partial charge in [0.15, 0.2) is 0 Å². The molecule has 0 aromatic heterocycles. The van der Waals surface area contributed by atoms with Crippen LogP contribution in [-0.4, -0.2) is 30.0 Å². The Hall–Kier alpha value is -1.02. The van der Waals surface area contributed by atoms with E-state index >= 15 is 0 Å². The maximum atomic E-state index is 12.6. The number of carbonyl (C=O) groups is 1. The van der Waals surface area contributed by atoms with Crippen LogP contribution >= 0.6 is 0 Å². The molecule has 9 heteroatoms. The number of halogens is 7. The summed E-state index contributed by atoms with van der Waals surface area (Å²) in [4.78, 5) is 10.6. The highest BCUT2D eigenvalue weighted by Gasteiger charge is 2.76. The maximum absolute atomic E-state index is 12.6. The Labute approximate surface area is 84.8 Å². The van der Waals surface area contributed by atoms with Crippen LogP contribution in [0.25, 0.3) is 0 Å². The molecule has 1 amide bonds. The Bertz CT molecular complexity index is 294. The normalized spacial score (nSPS) is 18.4. The highest BCUT2D eigenvalue weighted by atomic mass is 19.4. The molecule has 94 valence electrons. The maximum Gasteiger partial charge on any atom is 0.460 e. The average Bonchev–Trinajstić information content (AvgIpc) is 2.85. The Kier molecular flexibility index (Phi) is 2.85. The second kappa shape index (κ2) is 3.49. The Morgan fingerprint density at radius 3 is 1.75 bits per heavy atom. The summed E-state index contributed by atoms with van der Waals surface area (Å²) in [5.74, 6) is -14.8. The van der Waals surface area contributed by atoms with Gasteiger partial charge in [-0.15, -0.1) is 0 Å². The van der Waals surface area contributed by atoms with Gasteiger partial charge in [0.25, 0.3) is 5.91 Å². The van der Waals surface area contributed by atoms with E-state index in [1.165, 1.54) is 5.32 Å². The second-order valence-electron chi connectivity index (χ2n) is 3.39. The molecule has 1 saturated carbocycles. The molecule has 0 radical (unpaired) electrons. The molecule has 0 aliphatic heterocycles. The minimum Gasteiger partial charge on any atom is -0.348 e. The van der Waals surface area contributed by atoms with Gasteiger partial charge in [-0.1, -0.05) is 0 Å². The number of amides is 1. The molecule has 0 atom stereocenters. The van der Waals surface area contributed by atoms with Crippen LogP contribution in [0.4, 0.5) is 30.7 Å². The molecule has 1 fully saturated rings. The topological polar surface area (TPSA) is 29.1 Å². The fraction of sp³-hybridized carbons (Fsp3) is 0.857. The number of rotatable bonds is 3. The molecule has 1 rings (SSSR count). The first kappa shape index (κ1) is 13.0. The van der Waals surface area contributed by atoms with Crippen LogP contribution in [0, 0.1) is 0 Å². The van der Waals surface area contributed by atoms with Crippen molar-refractivity contribution in [3.63, 3.8) is 0 Å². The first-order chi connectivity index (χ1) is 7.00. The van der Waals surface area contributed by atoms with E-state index in [9.17, 15) is 35.5 Å². The Morgan fingerprint density at radius 1 is 1.00 bits per heavy atom. The summed E-state index contributed by atoms with van der Waals surface area (Å²) in [7, 11) is 0. The van der Waals surface area contributed by atoms with Gasteiger partial charge in [-0.25, -0.2) is 0 Å². The van der Waals surface area contributed by atoms with E-state index in [0.717, 1.165) is 0 Å². The third-order valence-electron chi connectivity index (χ3n) is 1.95. The lowest BCUT2D eigenvalue weighted by Gasteiger charge is -2.26. The predicted molar refractivity (Wildman–Crippen MR) is 37.1 cm³/mol. The minimum atomic E-state index is -6.47. The molecule has 0 saturated heterocycles. The molecule has 0 heterocycles. The SMILES string of the molecule is O=C(NC1CC1)C(F)(F)C(F)(F)C(F)(F)F. The summed E-state index contributed by atoms with van der Waals surface area (Å²) >= 11 is 0. The Balaban J connectivity index is 2.85. The highest BCUT2D eigenvalue weighted by molar-refractivity contribution is 5.85. The molecule has 0 bridgehead atoms. The van der Waals surface area contributed by atoms with Gasteiger partial charge in [0.2, 0.25) is 0 Å². The van der Waals surface area contributed by atoms with Crippen LogP contribution in [-0.2, 0) is 4.79 Å². The summed E-state index contributed by atoms with van der Waals surface area (Å²) in [6, 6.07) is -0.734. The monoisotopic (exact) mass is 253 g/mol. The zero-order chi connectivity index (χ0) is 12.8. The smallest absolute Gasteiger partial charge is 0.348 e. The van der Waals surface area contributed by atoms with Crippen molar-refractivity contribution in [2.24, 2.45) is 0 Å². The average molecular weight is 253 g/mol. The first-order valence-electron chi connectivity index (χ1n) is 4.13. The molecule has 0 aromatic rings. The summed E-state index contributed by atoms with van der Waals surface area (Å²) in [6.45, 7) is 0. The van der Waals surface area contributed by atoms with Crippen molar-refractivity contribution in [1.82, 2.24) is 5.32 Å². The third-order valence-corrected chi connectivity index (χ3v) is 1.95. The molecular weight excluding hydrogens is 247 g/mol. The molecule has 1 aliphatic rings. The molecule has 16 heavy (non-hydrogen) atoms. The first-order valence-corrected chi connectivity index (χ1v) is 4.13. The molecular formula is C7H6F7NO. The van der Waals surface area contributed by atoms with E-state index in [1.807, 2.05) is 0 Å². The zero-order valence-corrected chi connectivity index (χ0v) is 7.55. The molecule has 1 aliphatic carbocycles. The van der Waals surface area contributed by atoms with Gasteiger partial charge in [-0.3, -0.25) is 4.79 Å². The van der Waals surface area contributed by atoms with Gasteiger partial charge < -0.3 is 5.32 Å². The van der Waals surface area contributed by atoms with Crippen molar-refractivity contribution in [1.29, 1.82) is 0 Å². The van der Waals surface area contributed by atoms with E-state index in [1.54, 1.807) is 0 Å². The van der Waals surface area contributed by atoms with Gasteiger partial charge >= 0.3 is 18.0 Å². The Morgan fingerprint density at radius 2 is 1.44 bits per heavy atom. The summed E-state index contributed by atoms with van der Waals surface area (Å²) in [5, 5.41) is 1.40. The summed E-state index contributed by atoms with van der Waals surface area (Å²) in [6.07, 6.45) is -5.89. The molecule has 2 nitrogen and oxygen atoms in total. The quantitative estimate of drug-likeness (QED) is 0.767. The molecule has 0 unspecified atom stereocenters. The summed E-state index contributed by atoms with van der Waals surface area (Å²) in [5.41, 5.74) is 0. The number of hydrogen-bond acceptors (Lipinski definition) is 1. The van der Waals surface area contributed by atoms with E-state index in [-0.39, 0.29) is 0 Å². The van der Waals surface area contributed by atoms with E-state index in [2.05, 4.69) is 0 Å². The molecule has 1 N–H and O–H groups in total. The summed E-state index contributed by atoms with van der Waals surface area (Å²) < 4.78 is 84.7. The van der Waals surface area contributed by atoms with Crippen molar-refractivity contribution in [2.45, 2.75) is 36.9 Å². The van der Waals surface area contributed by atoms with Gasteiger partial charge in [0, 0.05) is 6.04 Å². The van der Waals surface area contributed by atoms with Gasteiger partial charge in [0.1, 0.15) is 0 Å². The number of hydrogen-bond donors (Lipinski definition) is 1. The van der Waals surface area contributed by atoms with Crippen molar-refractivity contribution in [3.05, 3.63) is 0 Å². The van der Waals surface area contributed by atoms with Crippen molar-refractivity contribution in [3.8, 4) is 0 Å². The fourth-order valence-corrected chi connectivity index (χ4v) is 0.824. The lowest BCUT2D eigenvalue weighted by atomic mass is 10.1. The number of nitrogens with one attached hydrogen (secondary N) is 1. The fourth-order valence-electron chi connectivity index (χ4n) is 0.824. The highest BCUT2D eigenvalue weighted by Crippen LogP contribution is 2.46. The van der Waals surface area contributed by atoms with Crippen molar-refractivity contribution >= 4 is 5.91 Å². The van der Waals surface area contributed by atoms with Crippen LogP contribution in [0.3, 0.4) is 0 Å². The number of carbonyl (C=O) groups excluding carboxylic acids is 1. The predicted octanol–water partition coefficient (Wildman–Crippen LogP) is 2.10. The van der Waals surface area contributed by atoms with Gasteiger partial charge in [-0.2, -0.15) is 30.7 Å². The largest absolute Gasteiger partial charge is 0.460 e. The van der Waals surface area contributed by atoms with E-state index in [4.69, 9.17) is 0 Å². The lowest BCUT2D eigenvalue weighted by Crippen LogP contribution is -2.59. The standard InChI is InChI=1S/C7H6F7NO/c8-5(9,4(16)15-3-1-2-3)6(10,11)7(12,13)14/h3H,1-2H2,(H,15,16). The van der Waals surface area contributed by atoms with Crippen molar-refractivity contribution in [2.75, 3.05) is 0 Å². The second-order valence-corrected chi connectivity index (χ2v) is 3.39. The van der Waals surface area contributed by atoms with Crippen LogP contribution in [0.1, 0.15) is 12.8 Å². The van der Waals surface area contributed by atoms with E-state index in [0.29, 0.717) is 12.8 Å². The van der Waals surface area contributed by atoms with Crippen molar-refractivity contribution < 1.29 is 35.5 Å². The molecule has 0 spiro atoms.